The smallest absolute Gasteiger partial charge is 0.0992 e. The predicted octanol–water partition coefficient (Wildman–Crippen LogP) is 11.0. The molecule has 9 aromatic rings. The predicted molar refractivity (Wildman–Crippen MR) is 195 cm³/mol. The summed E-state index contributed by atoms with van der Waals surface area (Å²) in [5, 5.41) is 24.2. The highest BCUT2D eigenvalue weighted by molar-refractivity contribution is 6.11. The molecule has 0 fully saturated rings. The van der Waals surface area contributed by atoms with E-state index in [0.29, 0.717) is 11.1 Å². The maximum absolute atomic E-state index is 9.99. The zero-order chi connectivity index (χ0) is 32.2. The van der Waals surface area contributed by atoms with Gasteiger partial charge in [0, 0.05) is 32.8 Å². The molecule has 9 rings (SSSR count). The second-order valence-electron chi connectivity index (χ2n) is 12.0. The highest BCUT2D eigenvalue weighted by atomic mass is 15.0. The molecule has 48 heavy (non-hydrogen) atoms. The normalized spacial score (nSPS) is 11.3. The molecule has 0 spiro atoms. The van der Waals surface area contributed by atoms with Crippen LogP contribution in [0.25, 0.3) is 77.2 Å². The van der Waals surface area contributed by atoms with Gasteiger partial charge < -0.3 is 9.13 Å². The number of nitrogens with zero attached hydrogens (tertiary/aromatic N) is 4. The van der Waals surface area contributed by atoms with Crippen molar-refractivity contribution in [1.29, 1.82) is 10.5 Å². The van der Waals surface area contributed by atoms with Gasteiger partial charge in [-0.05, 0) is 77.4 Å². The molecule has 0 atom stereocenters. The number of aromatic nitrogens is 2. The van der Waals surface area contributed by atoms with Crippen LogP contribution in [-0.4, -0.2) is 9.13 Å². The minimum absolute atomic E-state index is 0.585. The summed E-state index contributed by atoms with van der Waals surface area (Å²) in [6, 6.07) is 59.0. The van der Waals surface area contributed by atoms with Crippen LogP contribution in [0.4, 0.5) is 0 Å². The average molecular weight is 611 g/mol. The molecule has 0 saturated carbocycles. The molecule has 0 amide bonds. The van der Waals surface area contributed by atoms with Crippen molar-refractivity contribution < 1.29 is 0 Å². The van der Waals surface area contributed by atoms with Crippen LogP contribution in [0.5, 0.6) is 0 Å². The molecular formula is C44H26N4. The number of para-hydroxylation sites is 3. The van der Waals surface area contributed by atoms with E-state index in [1.54, 1.807) is 0 Å². The van der Waals surface area contributed by atoms with Gasteiger partial charge in [-0.1, -0.05) is 97.1 Å². The minimum atomic E-state index is 0.585. The van der Waals surface area contributed by atoms with Gasteiger partial charge in [-0.25, -0.2) is 0 Å². The first-order valence-electron chi connectivity index (χ1n) is 15.9. The average Bonchev–Trinajstić information content (AvgIpc) is 3.67. The van der Waals surface area contributed by atoms with Gasteiger partial charge in [-0.2, -0.15) is 10.5 Å². The standard InChI is InChI=1S/C44H26N4/c45-27-29-18-24-43-39(25-29)37-13-5-8-16-42(37)48(43)44-26-30(28-46)17-23-38(44)34-10-2-1-9-33(34)31-19-21-32(22-20-31)47-40-14-6-3-11-35(40)36-12-4-7-15-41(36)47/h1-26H. The molecule has 0 aliphatic heterocycles. The lowest BCUT2D eigenvalue weighted by atomic mass is 9.92. The molecule has 0 radical (unpaired) electrons. The van der Waals surface area contributed by atoms with Crippen molar-refractivity contribution in [3.05, 3.63) is 169 Å². The Morgan fingerprint density at radius 3 is 1.52 bits per heavy atom. The highest BCUT2D eigenvalue weighted by Gasteiger charge is 2.19. The Balaban J connectivity index is 1.23. The van der Waals surface area contributed by atoms with Crippen LogP contribution in [0.3, 0.4) is 0 Å². The van der Waals surface area contributed by atoms with Crippen LogP contribution in [-0.2, 0) is 0 Å². The molecular weight excluding hydrogens is 585 g/mol. The number of hydrogen-bond acceptors (Lipinski definition) is 2. The number of hydrogen-bond donors (Lipinski definition) is 0. The Hall–Kier alpha value is -6.88. The van der Waals surface area contributed by atoms with Gasteiger partial charge in [0.05, 0.1) is 51.0 Å². The first-order chi connectivity index (χ1) is 23.7. The van der Waals surface area contributed by atoms with Gasteiger partial charge in [-0.3, -0.25) is 0 Å². The molecule has 2 aromatic heterocycles. The Morgan fingerprint density at radius 2 is 0.875 bits per heavy atom. The monoisotopic (exact) mass is 610 g/mol. The second kappa shape index (κ2) is 10.9. The van der Waals surface area contributed by atoms with Crippen molar-refractivity contribution in [3.63, 3.8) is 0 Å². The van der Waals surface area contributed by atoms with Crippen molar-refractivity contribution in [2.24, 2.45) is 0 Å². The maximum atomic E-state index is 9.99. The summed E-state index contributed by atoms with van der Waals surface area (Å²) in [5.74, 6) is 0. The third-order valence-electron chi connectivity index (χ3n) is 9.40. The van der Waals surface area contributed by atoms with Gasteiger partial charge >= 0.3 is 0 Å². The first kappa shape index (κ1) is 27.4. The van der Waals surface area contributed by atoms with Crippen molar-refractivity contribution >= 4 is 43.6 Å². The molecule has 0 aliphatic rings. The Bertz CT molecular complexity index is 2750. The van der Waals surface area contributed by atoms with Crippen LogP contribution in [0.2, 0.25) is 0 Å². The van der Waals surface area contributed by atoms with Crippen molar-refractivity contribution in [3.8, 4) is 45.8 Å². The molecule has 0 saturated heterocycles. The van der Waals surface area contributed by atoms with E-state index >= 15 is 0 Å². The van der Waals surface area contributed by atoms with E-state index in [9.17, 15) is 10.5 Å². The Morgan fingerprint density at radius 1 is 0.375 bits per heavy atom. The molecule has 7 aromatic carbocycles. The zero-order valence-corrected chi connectivity index (χ0v) is 25.8. The molecule has 0 aliphatic carbocycles. The van der Waals surface area contributed by atoms with Crippen LogP contribution < -0.4 is 0 Å². The van der Waals surface area contributed by atoms with Gasteiger partial charge in [-0.15, -0.1) is 0 Å². The van der Waals surface area contributed by atoms with E-state index in [0.717, 1.165) is 55.4 Å². The van der Waals surface area contributed by atoms with E-state index in [1.165, 1.54) is 21.8 Å². The van der Waals surface area contributed by atoms with E-state index in [4.69, 9.17) is 0 Å². The number of fused-ring (bicyclic) bond motifs is 6. The van der Waals surface area contributed by atoms with E-state index < -0.39 is 0 Å². The lowest BCUT2D eigenvalue weighted by Gasteiger charge is -2.18. The summed E-state index contributed by atoms with van der Waals surface area (Å²) in [7, 11) is 0. The largest absolute Gasteiger partial charge is 0.309 e. The summed E-state index contributed by atoms with van der Waals surface area (Å²) < 4.78 is 4.56. The van der Waals surface area contributed by atoms with Gasteiger partial charge in [0.1, 0.15) is 0 Å². The minimum Gasteiger partial charge on any atom is -0.309 e. The van der Waals surface area contributed by atoms with Gasteiger partial charge in [0.2, 0.25) is 0 Å². The Kier molecular flexibility index (Phi) is 6.22. The van der Waals surface area contributed by atoms with E-state index in [1.807, 2.05) is 42.5 Å². The van der Waals surface area contributed by atoms with Crippen molar-refractivity contribution in [2.75, 3.05) is 0 Å². The summed E-state index contributed by atoms with van der Waals surface area (Å²) in [6.07, 6.45) is 0. The van der Waals surface area contributed by atoms with Crippen LogP contribution in [0.1, 0.15) is 11.1 Å². The molecule has 0 N–H and O–H groups in total. The van der Waals surface area contributed by atoms with Crippen LogP contribution in [0.15, 0.2) is 158 Å². The Labute approximate surface area is 277 Å². The maximum Gasteiger partial charge on any atom is 0.0992 e. The van der Waals surface area contributed by atoms with Crippen molar-refractivity contribution in [2.45, 2.75) is 0 Å². The highest BCUT2D eigenvalue weighted by Crippen LogP contribution is 2.41. The zero-order valence-electron chi connectivity index (χ0n) is 25.8. The van der Waals surface area contributed by atoms with E-state index in [2.05, 4.69) is 137 Å². The lowest BCUT2D eigenvalue weighted by Crippen LogP contribution is -1.99. The summed E-state index contributed by atoms with van der Waals surface area (Å²) in [6.45, 7) is 0. The first-order valence-corrected chi connectivity index (χ1v) is 15.9. The SMILES string of the molecule is N#Cc1ccc(-c2ccccc2-c2ccc(-n3c4ccccc4c4ccccc43)cc2)c(-n2c3ccccc3c3cc(C#N)ccc32)c1. The molecule has 0 unspecified atom stereocenters. The summed E-state index contributed by atoms with van der Waals surface area (Å²) in [5.41, 5.74) is 11.9. The molecule has 4 nitrogen and oxygen atoms in total. The fraction of sp³-hybridized carbons (Fsp3) is 0. The van der Waals surface area contributed by atoms with Crippen LogP contribution in [0, 0.1) is 22.7 Å². The number of benzene rings is 7. The fourth-order valence-corrected chi connectivity index (χ4v) is 7.28. The van der Waals surface area contributed by atoms with Gasteiger partial charge in [0.25, 0.3) is 0 Å². The number of rotatable bonds is 4. The third-order valence-corrected chi connectivity index (χ3v) is 9.40. The molecule has 4 heteroatoms. The van der Waals surface area contributed by atoms with Crippen LogP contribution >= 0.6 is 0 Å². The van der Waals surface area contributed by atoms with E-state index in [-0.39, 0.29) is 0 Å². The summed E-state index contributed by atoms with van der Waals surface area (Å²) in [4.78, 5) is 0. The molecule has 0 bridgehead atoms. The molecule has 222 valence electrons. The topological polar surface area (TPSA) is 57.4 Å². The lowest BCUT2D eigenvalue weighted by molar-refractivity contribution is 1.18. The fourth-order valence-electron chi connectivity index (χ4n) is 7.28. The quantitative estimate of drug-likeness (QED) is 0.199. The molecule has 2 heterocycles. The third kappa shape index (κ3) is 4.14. The van der Waals surface area contributed by atoms with Crippen molar-refractivity contribution in [1.82, 2.24) is 9.13 Å². The van der Waals surface area contributed by atoms with Gasteiger partial charge in [0.15, 0.2) is 0 Å². The second-order valence-corrected chi connectivity index (χ2v) is 12.0. The number of nitriles is 2. The summed E-state index contributed by atoms with van der Waals surface area (Å²) >= 11 is 0.